The fourth-order valence-corrected chi connectivity index (χ4v) is 2.86. The van der Waals surface area contributed by atoms with Gasteiger partial charge in [-0.2, -0.15) is 4.98 Å². The molecule has 156 valence electrons. The maximum atomic E-state index is 12.3. The van der Waals surface area contributed by atoms with E-state index >= 15 is 0 Å². The number of carbonyl (C=O) groups excluding carboxylic acids is 2. The van der Waals surface area contributed by atoms with Gasteiger partial charge in [-0.3, -0.25) is 9.59 Å². The third kappa shape index (κ3) is 5.81. The lowest BCUT2D eigenvalue weighted by Crippen LogP contribution is -2.28. The Morgan fingerprint density at radius 3 is 2.47 bits per heavy atom. The molecule has 1 amide bonds. The summed E-state index contributed by atoms with van der Waals surface area (Å²) >= 11 is 5.90. The molecular formula is C21H20ClN3O5. The number of methoxy groups -OCH3 is 1. The van der Waals surface area contributed by atoms with Crippen molar-refractivity contribution in [2.75, 3.05) is 7.11 Å². The minimum absolute atomic E-state index is 0.0549. The Morgan fingerprint density at radius 2 is 1.83 bits per heavy atom. The lowest BCUT2D eigenvalue weighted by molar-refractivity contribution is -0.146. The van der Waals surface area contributed by atoms with Crippen molar-refractivity contribution in [2.45, 2.75) is 26.0 Å². The quantitative estimate of drug-likeness (QED) is 0.544. The minimum Gasteiger partial charge on any atom is -0.497 e. The van der Waals surface area contributed by atoms with E-state index in [1.54, 1.807) is 55.6 Å². The van der Waals surface area contributed by atoms with Crippen molar-refractivity contribution in [2.24, 2.45) is 0 Å². The summed E-state index contributed by atoms with van der Waals surface area (Å²) in [6.07, 6.45) is -0.0549. The van der Waals surface area contributed by atoms with Crippen LogP contribution >= 0.6 is 11.6 Å². The molecule has 9 heteroatoms. The standard InChI is InChI=1S/C21H20ClN3O5/c1-13(26)23-18(14-3-7-16(22)8-4-14)11-20(27)29-12-19-24-21(25-30-19)15-5-9-17(28-2)10-6-15/h3-10,18H,11-12H2,1-2H3,(H,23,26). The van der Waals surface area contributed by atoms with Crippen molar-refractivity contribution in [1.82, 2.24) is 15.5 Å². The highest BCUT2D eigenvalue weighted by Crippen LogP contribution is 2.22. The molecule has 0 aliphatic rings. The first-order chi connectivity index (χ1) is 14.4. The summed E-state index contributed by atoms with van der Waals surface area (Å²) in [6.45, 7) is 1.21. The Kier molecular flexibility index (Phi) is 7.03. The van der Waals surface area contributed by atoms with Crippen LogP contribution < -0.4 is 10.1 Å². The van der Waals surface area contributed by atoms with E-state index in [9.17, 15) is 9.59 Å². The highest BCUT2D eigenvalue weighted by atomic mass is 35.5. The second-order valence-corrected chi connectivity index (χ2v) is 6.85. The summed E-state index contributed by atoms with van der Waals surface area (Å²) in [4.78, 5) is 28.0. The maximum absolute atomic E-state index is 12.3. The van der Waals surface area contributed by atoms with Crippen molar-refractivity contribution in [3.63, 3.8) is 0 Å². The van der Waals surface area contributed by atoms with Gasteiger partial charge in [-0.05, 0) is 42.0 Å². The number of nitrogens with zero attached hydrogens (tertiary/aromatic N) is 2. The van der Waals surface area contributed by atoms with Gasteiger partial charge in [0, 0.05) is 17.5 Å². The molecule has 0 spiro atoms. The van der Waals surface area contributed by atoms with Crippen LogP contribution in [0.15, 0.2) is 53.1 Å². The average Bonchev–Trinajstić information content (AvgIpc) is 3.21. The zero-order valence-corrected chi connectivity index (χ0v) is 17.2. The molecule has 8 nitrogen and oxygen atoms in total. The van der Waals surface area contributed by atoms with E-state index in [1.807, 2.05) is 0 Å². The maximum Gasteiger partial charge on any atom is 0.308 e. The van der Waals surface area contributed by atoms with E-state index in [-0.39, 0.29) is 24.8 Å². The first kappa shape index (κ1) is 21.3. The first-order valence-electron chi connectivity index (χ1n) is 9.10. The summed E-state index contributed by atoms with van der Waals surface area (Å²) in [6, 6.07) is 13.5. The molecule has 0 fully saturated rings. The molecule has 0 radical (unpaired) electrons. The first-order valence-corrected chi connectivity index (χ1v) is 9.47. The van der Waals surface area contributed by atoms with Crippen molar-refractivity contribution >= 4 is 23.5 Å². The van der Waals surface area contributed by atoms with Crippen LogP contribution in [0.5, 0.6) is 5.75 Å². The summed E-state index contributed by atoms with van der Waals surface area (Å²) in [5.74, 6) is 0.472. The molecule has 1 heterocycles. The van der Waals surface area contributed by atoms with E-state index < -0.39 is 12.0 Å². The number of aromatic nitrogens is 2. The van der Waals surface area contributed by atoms with E-state index in [0.717, 1.165) is 11.1 Å². The van der Waals surface area contributed by atoms with Gasteiger partial charge in [0.2, 0.25) is 11.7 Å². The fourth-order valence-electron chi connectivity index (χ4n) is 2.73. The summed E-state index contributed by atoms with van der Waals surface area (Å²) < 4.78 is 15.5. The number of hydrogen-bond acceptors (Lipinski definition) is 7. The zero-order chi connectivity index (χ0) is 21.5. The number of halogens is 1. The van der Waals surface area contributed by atoms with Gasteiger partial charge in [0.25, 0.3) is 5.89 Å². The third-order valence-corrected chi connectivity index (χ3v) is 4.45. The van der Waals surface area contributed by atoms with Gasteiger partial charge < -0.3 is 19.3 Å². The normalized spacial score (nSPS) is 11.6. The molecule has 0 saturated heterocycles. The van der Waals surface area contributed by atoms with Gasteiger partial charge >= 0.3 is 5.97 Å². The number of carbonyl (C=O) groups is 2. The number of rotatable bonds is 8. The second kappa shape index (κ2) is 9.89. The number of benzene rings is 2. The fraction of sp³-hybridized carbons (Fsp3) is 0.238. The molecule has 2 aromatic carbocycles. The van der Waals surface area contributed by atoms with Crippen molar-refractivity contribution < 1.29 is 23.6 Å². The molecular weight excluding hydrogens is 410 g/mol. The van der Waals surface area contributed by atoms with Gasteiger partial charge in [-0.15, -0.1) is 0 Å². The van der Waals surface area contributed by atoms with Crippen LogP contribution in [0.1, 0.15) is 30.8 Å². The third-order valence-electron chi connectivity index (χ3n) is 4.19. The molecule has 3 aromatic rings. The predicted molar refractivity (Wildman–Crippen MR) is 109 cm³/mol. The second-order valence-electron chi connectivity index (χ2n) is 6.41. The van der Waals surface area contributed by atoms with Gasteiger partial charge in [0.1, 0.15) is 5.75 Å². The molecule has 0 bridgehead atoms. The molecule has 0 aliphatic heterocycles. The lowest BCUT2D eigenvalue weighted by Gasteiger charge is -2.17. The Labute approximate surface area is 178 Å². The molecule has 30 heavy (non-hydrogen) atoms. The Balaban J connectivity index is 1.59. The molecule has 1 aromatic heterocycles. The lowest BCUT2D eigenvalue weighted by atomic mass is 10.0. The SMILES string of the molecule is COc1ccc(-c2noc(COC(=O)CC(NC(C)=O)c3ccc(Cl)cc3)n2)cc1. The van der Waals surface area contributed by atoms with Crippen LogP contribution in [0, 0.1) is 0 Å². The van der Waals surface area contributed by atoms with Gasteiger partial charge in [0.05, 0.1) is 19.6 Å². The van der Waals surface area contributed by atoms with Crippen LogP contribution in [-0.2, 0) is 20.9 Å². The molecule has 3 rings (SSSR count). The Hall–Kier alpha value is -3.39. The van der Waals surface area contributed by atoms with E-state index in [1.165, 1.54) is 6.92 Å². The minimum atomic E-state index is -0.537. The number of esters is 1. The molecule has 0 saturated carbocycles. The van der Waals surface area contributed by atoms with Crippen LogP contribution in [-0.4, -0.2) is 29.1 Å². The van der Waals surface area contributed by atoms with Crippen LogP contribution in [0.2, 0.25) is 5.02 Å². The van der Waals surface area contributed by atoms with Gasteiger partial charge in [0.15, 0.2) is 6.61 Å². The molecule has 0 aliphatic carbocycles. The Bertz CT molecular complexity index is 1000. The van der Waals surface area contributed by atoms with E-state index in [4.69, 9.17) is 25.6 Å². The molecule has 1 N–H and O–H groups in total. The van der Waals surface area contributed by atoms with Gasteiger partial charge in [-0.1, -0.05) is 28.9 Å². The highest BCUT2D eigenvalue weighted by molar-refractivity contribution is 6.30. The van der Waals surface area contributed by atoms with E-state index in [0.29, 0.717) is 16.6 Å². The van der Waals surface area contributed by atoms with Crippen LogP contribution in [0.4, 0.5) is 0 Å². The van der Waals surface area contributed by atoms with Crippen molar-refractivity contribution in [3.8, 4) is 17.1 Å². The summed E-state index contributed by atoms with van der Waals surface area (Å²) in [5, 5.41) is 7.19. The van der Waals surface area contributed by atoms with Crippen molar-refractivity contribution in [1.29, 1.82) is 0 Å². The topological polar surface area (TPSA) is 104 Å². The highest BCUT2D eigenvalue weighted by Gasteiger charge is 2.19. The Morgan fingerprint density at radius 1 is 1.13 bits per heavy atom. The largest absolute Gasteiger partial charge is 0.497 e. The predicted octanol–water partition coefficient (Wildman–Crippen LogP) is 3.71. The summed E-state index contributed by atoms with van der Waals surface area (Å²) in [7, 11) is 1.58. The zero-order valence-electron chi connectivity index (χ0n) is 16.4. The molecule has 1 unspecified atom stereocenters. The van der Waals surface area contributed by atoms with Crippen molar-refractivity contribution in [3.05, 3.63) is 65.0 Å². The average molecular weight is 430 g/mol. The van der Waals surface area contributed by atoms with Crippen LogP contribution in [0.3, 0.4) is 0 Å². The number of hydrogen-bond donors (Lipinski definition) is 1. The smallest absolute Gasteiger partial charge is 0.308 e. The number of nitrogens with one attached hydrogen (secondary N) is 1. The molecule has 1 atom stereocenters. The monoisotopic (exact) mass is 429 g/mol. The number of amides is 1. The number of ether oxygens (including phenoxy) is 2. The summed E-state index contributed by atoms with van der Waals surface area (Å²) in [5.41, 5.74) is 1.48. The van der Waals surface area contributed by atoms with Gasteiger partial charge in [-0.25, -0.2) is 0 Å². The van der Waals surface area contributed by atoms with Crippen LogP contribution in [0.25, 0.3) is 11.4 Å². The van der Waals surface area contributed by atoms with E-state index in [2.05, 4.69) is 15.5 Å².